The van der Waals surface area contributed by atoms with Gasteiger partial charge in [-0.15, -0.1) is 11.8 Å². The molecule has 1 aliphatic heterocycles. The third-order valence-electron chi connectivity index (χ3n) is 7.84. The smallest absolute Gasteiger partial charge is 0.257 e. The largest absolute Gasteiger partial charge is 0.395 e. The number of carbonyl (C=O) groups is 3. The Bertz CT molecular complexity index is 1450. The molecule has 9 nitrogen and oxygen atoms in total. The van der Waals surface area contributed by atoms with Gasteiger partial charge in [-0.1, -0.05) is 43.4 Å². The number of benzene rings is 2. The second kappa shape index (κ2) is 15.7. The molecule has 1 aliphatic rings. The van der Waals surface area contributed by atoms with Crippen molar-refractivity contribution in [2.45, 2.75) is 63.6 Å². The standard InChI is InChI=1S/C33H43N5O4S2/c1-21(2)14-28(19-39)34-17-25-6-8-27(9-7-25)31(41)36-33-35-18-30(44-33)43-20-26-15-22(3)23(4)29(16-26)32(42)38-12-10-37(11-13-38)24(5)40/h6-9,15-16,18,21,28,34,39H,10-14,17,19-20H2,1-5H3,(H,35,36,41). The van der Waals surface area contributed by atoms with Gasteiger partial charge in [-0.25, -0.2) is 4.98 Å². The van der Waals surface area contributed by atoms with Crippen molar-refractivity contribution in [2.24, 2.45) is 5.92 Å². The normalized spacial score (nSPS) is 14.2. The van der Waals surface area contributed by atoms with E-state index < -0.39 is 0 Å². The van der Waals surface area contributed by atoms with E-state index in [-0.39, 0.29) is 30.4 Å². The van der Waals surface area contributed by atoms with Crippen molar-refractivity contribution in [3.8, 4) is 0 Å². The Balaban J connectivity index is 1.31. The molecule has 4 rings (SSSR count). The highest BCUT2D eigenvalue weighted by Gasteiger charge is 2.25. The summed E-state index contributed by atoms with van der Waals surface area (Å²) in [7, 11) is 0. The SMILES string of the molecule is CC(=O)N1CCN(C(=O)c2cc(CSc3cnc(NC(=O)c4ccc(CNC(CO)CC(C)C)cc4)s3)cc(C)c2C)CC1. The molecule has 0 aliphatic carbocycles. The van der Waals surface area contributed by atoms with Crippen LogP contribution in [0.2, 0.25) is 0 Å². The maximum absolute atomic E-state index is 13.4. The van der Waals surface area contributed by atoms with Gasteiger partial charge >= 0.3 is 0 Å². The summed E-state index contributed by atoms with van der Waals surface area (Å²) in [5.41, 5.74) is 5.39. The molecule has 1 aromatic heterocycles. The van der Waals surface area contributed by atoms with Crippen LogP contribution in [-0.2, 0) is 17.1 Å². The molecular weight excluding hydrogens is 595 g/mol. The summed E-state index contributed by atoms with van der Waals surface area (Å²) in [5.74, 6) is 0.997. The fraction of sp³-hybridized carbons (Fsp3) is 0.455. The molecule has 0 spiro atoms. The van der Waals surface area contributed by atoms with Crippen molar-refractivity contribution in [1.82, 2.24) is 20.1 Å². The number of piperazine rings is 1. The van der Waals surface area contributed by atoms with Crippen molar-refractivity contribution >= 4 is 46.0 Å². The number of nitrogens with one attached hydrogen (secondary N) is 2. The number of aliphatic hydroxyl groups is 1. The van der Waals surface area contributed by atoms with E-state index in [1.165, 1.54) is 11.3 Å². The summed E-state index contributed by atoms with van der Waals surface area (Å²) in [6.45, 7) is 12.8. The van der Waals surface area contributed by atoms with Gasteiger partial charge in [0.25, 0.3) is 11.8 Å². The lowest BCUT2D eigenvalue weighted by Crippen LogP contribution is -2.50. The zero-order chi connectivity index (χ0) is 31.8. The van der Waals surface area contributed by atoms with Gasteiger partial charge in [0.1, 0.15) is 0 Å². The van der Waals surface area contributed by atoms with E-state index in [0.717, 1.165) is 32.9 Å². The van der Waals surface area contributed by atoms with Crippen LogP contribution in [0.4, 0.5) is 5.13 Å². The molecule has 236 valence electrons. The maximum Gasteiger partial charge on any atom is 0.257 e. The summed E-state index contributed by atoms with van der Waals surface area (Å²) < 4.78 is 0.966. The average Bonchev–Trinajstić information content (AvgIpc) is 3.46. The van der Waals surface area contributed by atoms with Gasteiger partial charge in [0.05, 0.1) is 17.0 Å². The quantitative estimate of drug-likeness (QED) is 0.237. The van der Waals surface area contributed by atoms with E-state index in [4.69, 9.17) is 0 Å². The van der Waals surface area contributed by atoms with Gasteiger partial charge in [-0.2, -0.15) is 0 Å². The van der Waals surface area contributed by atoms with Gasteiger partial charge in [0, 0.05) is 62.6 Å². The minimum absolute atomic E-state index is 0.00761. The molecular formula is C33H43N5O4S2. The molecule has 0 saturated carbocycles. The van der Waals surface area contributed by atoms with E-state index in [2.05, 4.69) is 35.5 Å². The summed E-state index contributed by atoms with van der Waals surface area (Å²) in [6.07, 6.45) is 2.66. The number of amides is 3. The van der Waals surface area contributed by atoms with Crippen LogP contribution in [0.25, 0.3) is 0 Å². The molecule has 1 unspecified atom stereocenters. The maximum atomic E-state index is 13.4. The number of anilines is 1. The van der Waals surface area contributed by atoms with Gasteiger partial charge in [-0.05, 0) is 66.6 Å². The molecule has 2 aromatic carbocycles. The number of hydrogen-bond acceptors (Lipinski definition) is 8. The van der Waals surface area contributed by atoms with Crippen molar-refractivity contribution in [1.29, 1.82) is 0 Å². The average molecular weight is 638 g/mol. The first-order valence-electron chi connectivity index (χ1n) is 15.0. The minimum Gasteiger partial charge on any atom is -0.395 e. The van der Waals surface area contributed by atoms with Crippen molar-refractivity contribution < 1.29 is 19.5 Å². The van der Waals surface area contributed by atoms with Crippen LogP contribution in [0.15, 0.2) is 46.8 Å². The summed E-state index contributed by atoms with van der Waals surface area (Å²) in [6, 6.07) is 11.6. The number of thioether (sulfide) groups is 1. The minimum atomic E-state index is -0.218. The number of rotatable bonds is 12. The predicted octanol–water partition coefficient (Wildman–Crippen LogP) is 5.11. The molecule has 0 radical (unpaired) electrons. The first-order chi connectivity index (χ1) is 21.0. The first-order valence-corrected chi connectivity index (χ1v) is 16.8. The molecule has 11 heteroatoms. The Labute approximate surface area is 268 Å². The van der Waals surface area contributed by atoms with Crippen molar-refractivity contribution in [3.05, 3.63) is 76.0 Å². The monoisotopic (exact) mass is 637 g/mol. The molecule has 1 atom stereocenters. The molecule has 3 amide bonds. The Kier molecular flexibility index (Phi) is 12.0. The highest BCUT2D eigenvalue weighted by molar-refractivity contribution is 8.00. The van der Waals surface area contributed by atoms with E-state index in [0.29, 0.717) is 60.7 Å². The van der Waals surface area contributed by atoms with E-state index in [1.54, 1.807) is 41.9 Å². The number of aryl methyl sites for hydroxylation is 1. The lowest BCUT2D eigenvalue weighted by molar-refractivity contribution is -0.130. The third kappa shape index (κ3) is 9.13. The number of aliphatic hydroxyl groups excluding tert-OH is 1. The summed E-state index contributed by atoms with van der Waals surface area (Å²) in [4.78, 5) is 45.9. The highest BCUT2D eigenvalue weighted by atomic mass is 32.2. The van der Waals surface area contributed by atoms with E-state index >= 15 is 0 Å². The Morgan fingerprint density at radius 1 is 1.02 bits per heavy atom. The molecule has 44 heavy (non-hydrogen) atoms. The molecule has 0 bridgehead atoms. The first kappa shape index (κ1) is 33.6. The molecule has 3 aromatic rings. The molecule has 1 saturated heterocycles. The molecule has 3 N–H and O–H groups in total. The number of carbonyl (C=O) groups excluding carboxylic acids is 3. The van der Waals surface area contributed by atoms with Crippen LogP contribution in [0.1, 0.15) is 70.2 Å². The number of aromatic nitrogens is 1. The van der Waals surface area contributed by atoms with Crippen molar-refractivity contribution in [2.75, 3.05) is 38.1 Å². The van der Waals surface area contributed by atoms with E-state index in [1.807, 2.05) is 36.9 Å². The van der Waals surface area contributed by atoms with Crippen LogP contribution in [-0.4, -0.2) is 76.4 Å². The zero-order valence-corrected chi connectivity index (χ0v) is 27.8. The van der Waals surface area contributed by atoms with Crippen LogP contribution in [0.3, 0.4) is 0 Å². The zero-order valence-electron chi connectivity index (χ0n) is 26.2. The van der Waals surface area contributed by atoms with Gasteiger partial charge in [-0.3, -0.25) is 19.7 Å². The van der Waals surface area contributed by atoms with Crippen LogP contribution in [0.5, 0.6) is 0 Å². The number of nitrogens with zero attached hydrogens (tertiary/aromatic N) is 3. The molecule has 2 heterocycles. The number of thiazole rings is 1. The fourth-order valence-electron chi connectivity index (χ4n) is 5.17. The Morgan fingerprint density at radius 2 is 1.70 bits per heavy atom. The molecule has 1 fully saturated rings. The highest BCUT2D eigenvalue weighted by Crippen LogP contribution is 2.32. The summed E-state index contributed by atoms with van der Waals surface area (Å²) >= 11 is 3.04. The summed E-state index contributed by atoms with van der Waals surface area (Å²) in [5, 5.41) is 16.4. The van der Waals surface area contributed by atoms with Gasteiger partial charge in [0.2, 0.25) is 5.91 Å². The second-order valence-electron chi connectivity index (χ2n) is 11.7. The Morgan fingerprint density at radius 3 is 2.34 bits per heavy atom. The second-order valence-corrected chi connectivity index (χ2v) is 14.0. The lowest BCUT2D eigenvalue weighted by atomic mass is 9.99. The van der Waals surface area contributed by atoms with Gasteiger partial charge in [0.15, 0.2) is 5.13 Å². The fourth-order valence-corrected chi connectivity index (χ4v) is 6.97. The Hall–Kier alpha value is -3.25. The lowest BCUT2D eigenvalue weighted by Gasteiger charge is -2.34. The van der Waals surface area contributed by atoms with Crippen LogP contribution >= 0.6 is 23.1 Å². The predicted molar refractivity (Wildman–Crippen MR) is 177 cm³/mol. The van der Waals surface area contributed by atoms with Crippen molar-refractivity contribution in [3.63, 3.8) is 0 Å². The number of hydrogen-bond donors (Lipinski definition) is 3. The van der Waals surface area contributed by atoms with Gasteiger partial charge < -0.3 is 20.2 Å². The van der Waals surface area contributed by atoms with E-state index in [9.17, 15) is 19.5 Å². The van der Waals surface area contributed by atoms with Crippen LogP contribution < -0.4 is 10.6 Å². The topological polar surface area (TPSA) is 115 Å². The third-order valence-corrected chi connectivity index (χ3v) is 10.0. The van der Waals surface area contributed by atoms with Crippen LogP contribution in [0, 0.1) is 19.8 Å².